The minimum Gasteiger partial charge on any atom is -0.328 e. The van der Waals surface area contributed by atoms with Crippen LogP contribution in [0.1, 0.15) is 21.6 Å². The molecule has 0 saturated carbocycles. The van der Waals surface area contributed by atoms with Crippen LogP contribution in [0.5, 0.6) is 0 Å². The van der Waals surface area contributed by atoms with Crippen molar-refractivity contribution in [2.75, 3.05) is 0 Å². The monoisotopic (exact) mass is 386 g/mol. The standard InChI is InChI=1S/C24H16F2N2O/c25-21-11-16(18-8-3-6-15-5-1-2-7-17(15)18)12-22(26)20(21)13-28-14-23-19(24(28)29)9-4-10-27-23/h1-12H,13-14H2. The zero-order chi connectivity index (χ0) is 20.0. The molecule has 4 aromatic rings. The molecule has 1 amide bonds. The molecule has 142 valence electrons. The number of fused-ring (bicyclic) bond motifs is 2. The van der Waals surface area contributed by atoms with E-state index in [1.54, 1.807) is 18.3 Å². The number of benzene rings is 3. The lowest BCUT2D eigenvalue weighted by Crippen LogP contribution is -2.24. The Hall–Kier alpha value is -3.60. The number of pyridine rings is 1. The molecule has 5 rings (SSSR count). The summed E-state index contributed by atoms with van der Waals surface area (Å²) < 4.78 is 29.8. The van der Waals surface area contributed by atoms with Crippen LogP contribution in [0.3, 0.4) is 0 Å². The predicted molar refractivity (Wildman–Crippen MR) is 107 cm³/mol. The van der Waals surface area contributed by atoms with Gasteiger partial charge in [-0.1, -0.05) is 42.5 Å². The lowest BCUT2D eigenvalue weighted by Gasteiger charge is -2.17. The van der Waals surface area contributed by atoms with Crippen LogP contribution in [0.4, 0.5) is 8.78 Å². The third kappa shape index (κ3) is 2.95. The third-order valence-electron chi connectivity index (χ3n) is 5.34. The number of amides is 1. The van der Waals surface area contributed by atoms with Crippen molar-refractivity contribution in [2.24, 2.45) is 0 Å². The first-order chi connectivity index (χ1) is 14.1. The zero-order valence-corrected chi connectivity index (χ0v) is 15.4. The molecular weight excluding hydrogens is 370 g/mol. The first-order valence-electron chi connectivity index (χ1n) is 9.31. The number of hydrogen-bond acceptors (Lipinski definition) is 2. The summed E-state index contributed by atoms with van der Waals surface area (Å²) in [5.74, 6) is -1.58. The topological polar surface area (TPSA) is 33.2 Å². The molecule has 1 aromatic heterocycles. The second kappa shape index (κ2) is 6.78. The first kappa shape index (κ1) is 17.5. The number of rotatable bonds is 3. The van der Waals surface area contributed by atoms with Gasteiger partial charge in [-0.3, -0.25) is 9.78 Å². The molecule has 0 aliphatic carbocycles. The molecule has 0 bridgehead atoms. The van der Waals surface area contributed by atoms with Crippen molar-refractivity contribution < 1.29 is 13.6 Å². The maximum Gasteiger partial charge on any atom is 0.256 e. The van der Waals surface area contributed by atoms with E-state index >= 15 is 0 Å². The number of halogens is 2. The van der Waals surface area contributed by atoms with Gasteiger partial charge in [-0.2, -0.15) is 0 Å². The summed E-state index contributed by atoms with van der Waals surface area (Å²) >= 11 is 0. The molecule has 29 heavy (non-hydrogen) atoms. The van der Waals surface area contributed by atoms with Gasteiger partial charge < -0.3 is 4.90 Å². The highest BCUT2D eigenvalue weighted by Gasteiger charge is 2.29. The molecule has 3 aromatic carbocycles. The Morgan fingerprint density at radius 1 is 0.897 bits per heavy atom. The van der Waals surface area contributed by atoms with E-state index in [-0.39, 0.29) is 24.6 Å². The Kier molecular flexibility index (Phi) is 4.09. The zero-order valence-electron chi connectivity index (χ0n) is 15.4. The van der Waals surface area contributed by atoms with Crippen molar-refractivity contribution in [1.82, 2.24) is 9.88 Å². The van der Waals surface area contributed by atoms with Crippen LogP contribution >= 0.6 is 0 Å². The molecule has 0 fully saturated rings. The van der Waals surface area contributed by atoms with Crippen LogP contribution in [-0.4, -0.2) is 15.8 Å². The number of carbonyl (C=O) groups excluding carboxylic acids is 1. The number of aromatic nitrogens is 1. The van der Waals surface area contributed by atoms with E-state index in [1.807, 2.05) is 42.5 Å². The SMILES string of the molecule is O=C1c2cccnc2CN1Cc1c(F)cc(-c2cccc3ccccc23)cc1F. The molecule has 0 radical (unpaired) electrons. The molecule has 3 nitrogen and oxygen atoms in total. The molecule has 0 spiro atoms. The van der Waals surface area contributed by atoms with Crippen molar-refractivity contribution in [3.8, 4) is 11.1 Å². The molecule has 0 unspecified atom stereocenters. The average molecular weight is 386 g/mol. The van der Waals surface area contributed by atoms with Gasteiger partial charge in [0.05, 0.1) is 24.3 Å². The van der Waals surface area contributed by atoms with E-state index in [4.69, 9.17) is 0 Å². The van der Waals surface area contributed by atoms with Crippen LogP contribution in [-0.2, 0) is 13.1 Å². The van der Waals surface area contributed by atoms with Crippen LogP contribution < -0.4 is 0 Å². The van der Waals surface area contributed by atoms with Gasteiger partial charge >= 0.3 is 0 Å². The van der Waals surface area contributed by atoms with Gasteiger partial charge in [0.2, 0.25) is 0 Å². The average Bonchev–Trinajstić information content (AvgIpc) is 3.06. The molecule has 5 heteroatoms. The fourth-order valence-corrected chi connectivity index (χ4v) is 3.89. The second-order valence-corrected chi connectivity index (χ2v) is 7.10. The Morgan fingerprint density at radius 3 is 2.41 bits per heavy atom. The number of carbonyl (C=O) groups is 1. The summed E-state index contributed by atoms with van der Waals surface area (Å²) in [6.07, 6.45) is 1.61. The summed E-state index contributed by atoms with van der Waals surface area (Å²) in [5.41, 5.74) is 2.24. The fourth-order valence-electron chi connectivity index (χ4n) is 3.89. The van der Waals surface area contributed by atoms with Crippen molar-refractivity contribution in [2.45, 2.75) is 13.1 Å². The normalized spacial score (nSPS) is 13.2. The van der Waals surface area contributed by atoms with Gasteiger partial charge in [0.1, 0.15) is 11.6 Å². The summed E-state index contributed by atoms with van der Waals surface area (Å²) in [7, 11) is 0. The lowest BCUT2D eigenvalue weighted by atomic mass is 9.97. The number of nitrogens with zero attached hydrogens (tertiary/aromatic N) is 2. The fraction of sp³-hybridized carbons (Fsp3) is 0.0833. The second-order valence-electron chi connectivity index (χ2n) is 7.10. The van der Waals surface area contributed by atoms with Gasteiger partial charge in [0.15, 0.2) is 0 Å². The Labute approximate surface area is 166 Å². The van der Waals surface area contributed by atoms with Gasteiger partial charge in [-0.15, -0.1) is 0 Å². The van der Waals surface area contributed by atoms with Gasteiger partial charge in [0, 0.05) is 11.8 Å². The highest BCUT2D eigenvalue weighted by atomic mass is 19.1. The maximum atomic E-state index is 14.9. The van der Waals surface area contributed by atoms with Crippen LogP contribution in [0.2, 0.25) is 0 Å². The highest BCUT2D eigenvalue weighted by Crippen LogP contribution is 2.32. The quantitative estimate of drug-likeness (QED) is 0.476. The molecule has 1 aliphatic rings. The smallest absolute Gasteiger partial charge is 0.256 e. The molecule has 0 atom stereocenters. The third-order valence-corrected chi connectivity index (χ3v) is 5.34. The largest absolute Gasteiger partial charge is 0.328 e. The summed E-state index contributed by atoms with van der Waals surface area (Å²) in [4.78, 5) is 18.1. The van der Waals surface area contributed by atoms with Crippen molar-refractivity contribution in [3.05, 3.63) is 101 Å². The molecule has 2 heterocycles. The Bertz CT molecular complexity index is 1240. The lowest BCUT2D eigenvalue weighted by molar-refractivity contribution is 0.0763. The van der Waals surface area contributed by atoms with Crippen LogP contribution in [0.25, 0.3) is 21.9 Å². The highest BCUT2D eigenvalue weighted by molar-refractivity contribution is 5.98. The van der Waals surface area contributed by atoms with E-state index in [2.05, 4.69) is 4.98 Å². The summed E-state index contributed by atoms with van der Waals surface area (Å²) in [6, 6.07) is 19.4. The molecular formula is C24H16F2N2O. The Morgan fingerprint density at radius 2 is 1.62 bits per heavy atom. The van der Waals surface area contributed by atoms with Crippen molar-refractivity contribution in [3.63, 3.8) is 0 Å². The van der Waals surface area contributed by atoms with Crippen molar-refractivity contribution >= 4 is 16.7 Å². The van der Waals surface area contributed by atoms with E-state index < -0.39 is 11.6 Å². The van der Waals surface area contributed by atoms with E-state index in [0.29, 0.717) is 16.8 Å². The summed E-state index contributed by atoms with van der Waals surface area (Å²) in [6.45, 7) is 0.113. The van der Waals surface area contributed by atoms with Crippen LogP contribution in [0.15, 0.2) is 72.9 Å². The minimum absolute atomic E-state index is 0.116. The molecule has 0 saturated heterocycles. The van der Waals surface area contributed by atoms with Gasteiger partial charge in [-0.25, -0.2) is 8.78 Å². The maximum absolute atomic E-state index is 14.9. The van der Waals surface area contributed by atoms with E-state index in [9.17, 15) is 13.6 Å². The van der Waals surface area contributed by atoms with Crippen molar-refractivity contribution in [1.29, 1.82) is 0 Å². The summed E-state index contributed by atoms with van der Waals surface area (Å²) in [5, 5.41) is 1.93. The first-order valence-corrected chi connectivity index (χ1v) is 9.31. The van der Waals surface area contributed by atoms with Gasteiger partial charge in [0.25, 0.3) is 5.91 Å². The number of hydrogen-bond donors (Lipinski definition) is 0. The molecule has 0 N–H and O–H groups in total. The predicted octanol–water partition coefficient (Wildman–Crippen LogP) is 5.34. The van der Waals surface area contributed by atoms with E-state index in [1.165, 1.54) is 17.0 Å². The minimum atomic E-state index is -0.662. The van der Waals surface area contributed by atoms with Crippen LogP contribution in [0, 0.1) is 11.6 Å². The molecule has 1 aliphatic heterocycles. The van der Waals surface area contributed by atoms with E-state index in [0.717, 1.165) is 16.3 Å². The van der Waals surface area contributed by atoms with Gasteiger partial charge in [-0.05, 0) is 46.2 Å². The Balaban J connectivity index is 1.50.